The van der Waals surface area contributed by atoms with Crippen molar-refractivity contribution >= 4 is 5.97 Å². The Labute approximate surface area is 63.3 Å². The van der Waals surface area contributed by atoms with Crippen LogP contribution in [0.3, 0.4) is 0 Å². The first-order valence-electron chi connectivity index (χ1n) is 3.12. The summed E-state index contributed by atoms with van der Waals surface area (Å²) in [5.74, 6) is -0.503. The van der Waals surface area contributed by atoms with Crippen LogP contribution in [0.5, 0.6) is 0 Å². The zero-order valence-corrected chi connectivity index (χ0v) is 6.00. The first-order chi connectivity index (χ1) is 5.24. The molecule has 0 aromatic heterocycles. The summed E-state index contributed by atoms with van der Waals surface area (Å²) < 4.78 is 4.63. The Kier molecular flexibility index (Phi) is 2.29. The predicted octanol–water partition coefficient (Wildman–Crippen LogP) is -0.895. The van der Waals surface area contributed by atoms with Crippen molar-refractivity contribution in [1.29, 1.82) is 0 Å². The van der Waals surface area contributed by atoms with Gasteiger partial charge < -0.3 is 4.74 Å². The standard InChI is InChI=1S/C5H9N3O3/c1-2-11-5(9)4-3-8(10)7-6-4/h3,6-7,10H,2H2,1H3. The van der Waals surface area contributed by atoms with Crippen molar-refractivity contribution in [3.63, 3.8) is 0 Å². The van der Waals surface area contributed by atoms with E-state index in [1.54, 1.807) is 6.92 Å². The van der Waals surface area contributed by atoms with Crippen molar-refractivity contribution in [1.82, 2.24) is 16.1 Å². The third-order valence-corrected chi connectivity index (χ3v) is 1.05. The average Bonchev–Trinajstić information content (AvgIpc) is 2.36. The first-order valence-corrected chi connectivity index (χ1v) is 3.12. The van der Waals surface area contributed by atoms with Crippen molar-refractivity contribution in [2.45, 2.75) is 6.92 Å². The molecule has 11 heavy (non-hydrogen) atoms. The van der Waals surface area contributed by atoms with Crippen molar-refractivity contribution in [2.24, 2.45) is 0 Å². The minimum absolute atomic E-state index is 0.175. The molecule has 0 atom stereocenters. The van der Waals surface area contributed by atoms with Gasteiger partial charge in [-0.15, -0.1) is 5.53 Å². The lowest BCUT2D eigenvalue weighted by molar-refractivity contribution is -0.138. The summed E-state index contributed by atoms with van der Waals surface area (Å²) in [6.07, 6.45) is 1.18. The highest BCUT2D eigenvalue weighted by molar-refractivity contribution is 5.87. The van der Waals surface area contributed by atoms with E-state index in [1.807, 2.05) is 0 Å². The Morgan fingerprint density at radius 2 is 2.64 bits per heavy atom. The molecule has 0 bridgehead atoms. The van der Waals surface area contributed by atoms with Crippen molar-refractivity contribution in [3.05, 3.63) is 11.9 Å². The third-order valence-electron chi connectivity index (χ3n) is 1.05. The fourth-order valence-corrected chi connectivity index (χ4v) is 0.617. The fourth-order valence-electron chi connectivity index (χ4n) is 0.617. The van der Waals surface area contributed by atoms with Gasteiger partial charge in [-0.3, -0.25) is 10.6 Å². The van der Waals surface area contributed by atoms with Gasteiger partial charge in [-0.25, -0.2) is 4.79 Å². The smallest absolute Gasteiger partial charge is 0.357 e. The topological polar surface area (TPSA) is 73.8 Å². The van der Waals surface area contributed by atoms with Crippen LogP contribution in [0.25, 0.3) is 0 Å². The van der Waals surface area contributed by atoms with Gasteiger partial charge >= 0.3 is 5.97 Å². The Balaban J connectivity index is 2.48. The van der Waals surface area contributed by atoms with Crippen LogP contribution in [0.15, 0.2) is 11.9 Å². The summed E-state index contributed by atoms with van der Waals surface area (Å²) in [6.45, 7) is 2.01. The molecule has 0 saturated carbocycles. The Bertz CT molecular complexity index is 191. The van der Waals surface area contributed by atoms with Crippen LogP contribution in [0, 0.1) is 0 Å². The number of nitrogens with one attached hydrogen (secondary N) is 2. The number of hydrazine groups is 2. The molecular formula is C5H9N3O3. The van der Waals surface area contributed by atoms with E-state index in [4.69, 9.17) is 5.21 Å². The maximum atomic E-state index is 10.9. The van der Waals surface area contributed by atoms with Gasteiger partial charge in [0.05, 0.1) is 12.8 Å². The number of carbonyl (C=O) groups excluding carboxylic acids is 1. The number of hydrogen-bond acceptors (Lipinski definition) is 6. The molecule has 0 spiro atoms. The molecule has 0 radical (unpaired) electrons. The molecule has 0 saturated heterocycles. The Morgan fingerprint density at radius 3 is 3.09 bits per heavy atom. The van der Waals surface area contributed by atoms with Crippen LogP contribution in [-0.4, -0.2) is 23.0 Å². The summed E-state index contributed by atoms with van der Waals surface area (Å²) in [5.41, 5.74) is 4.83. The Morgan fingerprint density at radius 1 is 1.91 bits per heavy atom. The number of nitrogens with zero attached hydrogens (tertiary/aromatic N) is 1. The van der Waals surface area contributed by atoms with Crippen LogP contribution in [0.2, 0.25) is 0 Å². The molecule has 1 aliphatic heterocycles. The highest BCUT2D eigenvalue weighted by Crippen LogP contribution is 1.98. The summed E-state index contributed by atoms with van der Waals surface area (Å²) in [5, 5.41) is 9.32. The number of esters is 1. The van der Waals surface area contributed by atoms with Crippen LogP contribution in [0.1, 0.15) is 6.92 Å². The molecule has 6 heteroatoms. The quantitative estimate of drug-likeness (QED) is 0.454. The van der Waals surface area contributed by atoms with Crippen LogP contribution in [-0.2, 0) is 9.53 Å². The van der Waals surface area contributed by atoms with Gasteiger partial charge in [0.1, 0.15) is 0 Å². The number of hydrogen-bond donors (Lipinski definition) is 3. The number of carbonyl (C=O) groups is 1. The zero-order valence-electron chi connectivity index (χ0n) is 6.00. The van der Waals surface area contributed by atoms with Gasteiger partial charge in [-0.05, 0) is 6.92 Å². The molecule has 6 nitrogen and oxygen atoms in total. The minimum atomic E-state index is -0.503. The van der Waals surface area contributed by atoms with E-state index in [0.717, 1.165) is 0 Å². The monoisotopic (exact) mass is 159 g/mol. The number of ether oxygens (including phenoxy) is 1. The molecule has 0 fully saturated rings. The lowest BCUT2D eigenvalue weighted by Gasteiger charge is -2.03. The highest BCUT2D eigenvalue weighted by Gasteiger charge is 2.16. The summed E-state index contributed by atoms with van der Waals surface area (Å²) >= 11 is 0. The molecule has 0 amide bonds. The molecule has 1 rings (SSSR count). The lowest BCUT2D eigenvalue weighted by atomic mass is 10.5. The lowest BCUT2D eigenvalue weighted by Crippen LogP contribution is -2.35. The van der Waals surface area contributed by atoms with Crippen LogP contribution < -0.4 is 11.0 Å². The van der Waals surface area contributed by atoms with E-state index >= 15 is 0 Å². The summed E-state index contributed by atoms with van der Waals surface area (Å²) in [4.78, 5) is 10.9. The maximum Gasteiger partial charge on any atom is 0.357 e. The van der Waals surface area contributed by atoms with Crippen molar-refractivity contribution in [2.75, 3.05) is 6.61 Å². The molecule has 1 aliphatic rings. The number of hydroxylamine groups is 1. The molecule has 62 valence electrons. The predicted molar refractivity (Wildman–Crippen MR) is 34.6 cm³/mol. The maximum absolute atomic E-state index is 10.9. The summed E-state index contributed by atoms with van der Waals surface area (Å²) in [6, 6.07) is 0. The van der Waals surface area contributed by atoms with Gasteiger partial charge in [-0.1, -0.05) is 0 Å². The fraction of sp³-hybridized carbons (Fsp3) is 0.400. The second-order valence-electron chi connectivity index (χ2n) is 1.84. The number of rotatable bonds is 2. The van der Waals surface area contributed by atoms with E-state index in [1.165, 1.54) is 6.20 Å². The third kappa shape index (κ3) is 1.82. The average molecular weight is 159 g/mol. The van der Waals surface area contributed by atoms with E-state index in [2.05, 4.69) is 15.7 Å². The Hall–Kier alpha value is -1.27. The molecule has 0 aromatic rings. The van der Waals surface area contributed by atoms with Gasteiger partial charge in [-0.2, -0.15) is 5.17 Å². The molecule has 0 unspecified atom stereocenters. The van der Waals surface area contributed by atoms with Gasteiger partial charge in [0.2, 0.25) is 0 Å². The van der Waals surface area contributed by atoms with Crippen LogP contribution in [0.4, 0.5) is 0 Å². The second kappa shape index (κ2) is 3.22. The minimum Gasteiger partial charge on any atom is -0.461 e. The van der Waals surface area contributed by atoms with Gasteiger partial charge in [0.25, 0.3) is 0 Å². The van der Waals surface area contributed by atoms with Gasteiger partial charge in [0.15, 0.2) is 5.70 Å². The van der Waals surface area contributed by atoms with Gasteiger partial charge in [0, 0.05) is 0 Å². The largest absolute Gasteiger partial charge is 0.461 e. The van der Waals surface area contributed by atoms with E-state index in [9.17, 15) is 4.79 Å². The highest BCUT2D eigenvalue weighted by atomic mass is 16.6. The van der Waals surface area contributed by atoms with E-state index < -0.39 is 5.97 Å². The second-order valence-corrected chi connectivity index (χ2v) is 1.84. The molecular weight excluding hydrogens is 150 g/mol. The van der Waals surface area contributed by atoms with Crippen molar-refractivity contribution in [3.8, 4) is 0 Å². The van der Waals surface area contributed by atoms with Crippen LogP contribution >= 0.6 is 0 Å². The zero-order chi connectivity index (χ0) is 8.27. The molecule has 3 N–H and O–H groups in total. The normalized spacial score (nSPS) is 15.8. The van der Waals surface area contributed by atoms with E-state index in [-0.39, 0.29) is 5.70 Å². The molecule has 0 aromatic carbocycles. The molecule has 0 aliphatic carbocycles. The molecule has 1 heterocycles. The van der Waals surface area contributed by atoms with Crippen molar-refractivity contribution < 1.29 is 14.7 Å². The SMILES string of the molecule is CCOC(=O)C1=CN(O)NN1. The van der Waals surface area contributed by atoms with E-state index in [0.29, 0.717) is 11.8 Å². The first kappa shape index (κ1) is 7.83. The summed E-state index contributed by atoms with van der Waals surface area (Å²) in [7, 11) is 0.